The molecule has 0 aliphatic carbocycles. The van der Waals surface area contributed by atoms with Crippen LogP contribution in [0.2, 0.25) is 0 Å². The first kappa shape index (κ1) is 17.3. The third-order valence-corrected chi connectivity index (χ3v) is 5.57. The van der Waals surface area contributed by atoms with E-state index in [1.165, 1.54) is 24.3 Å². The van der Waals surface area contributed by atoms with Crippen LogP contribution in [0.25, 0.3) is 0 Å². The maximum Gasteiger partial charge on any atom is 0.128 e. The summed E-state index contributed by atoms with van der Waals surface area (Å²) < 4.78 is 18.9. The minimum absolute atomic E-state index is 0.108. The fourth-order valence-electron chi connectivity index (χ4n) is 3.95. The Morgan fingerprint density at radius 1 is 1.08 bits per heavy atom. The Morgan fingerprint density at radius 3 is 2.46 bits per heavy atom. The lowest BCUT2D eigenvalue weighted by atomic mass is 9.83. The minimum atomic E-state index is -0.978. The highest BCUT2D eigenvalue weighted by atomic mass is 19.1. The predicted octanol–water partition coefficient (Wildman–Crippen LogP) is 2.31. The van der Waals surface area contributed by atoms with Gasteiger partial charge in [0.05, 0.1) is 11.6 Å². The van der Waals surface area contributed by atoms with E-state index < -0.39 is 11.7 Å². The summed E-state index contributed by atoms with van der Waals surface area (Å²) in [6.45, 7) is 1.53. The largest absolute Gasteiger partial charge is 0.508 e. The molecule has 6 heteroatoms. The quantitative estimate of drug-likeness (QED) is 0.767. The molecule has 1 fully saturated rings. The number of halogens is 1. The van der Waals surface area contributed by atoms with Crippen molar-refractivity contribution in [3.05, 3.63) is 59.4 Å². The van der Waals surface area contributed by atoms with Crippen LogP contribution in [0.5, 0.6) is 11.5 Å². The van der Waals surface area contributed by atoms with Crippen LogP contribution in [0.15, 0.2) is 42.5 Å². The van der Waals surface area contributed by atoms with Gasteiger partial charge in [0.2, 0.25) is 0 Å². The van der Waals surface area contributed by atoms with Gasteiger partial charge in [0.15, 0.2) is 0 Å². The molecule has 3 N–H and O–H groups in total. The highest BCUT2D eigenvalue weighted by Crippen LogP contribution is 2.39. The van der Waals surface area contributed by atoms with E-state index in [9.17, 15) is 19.7 Å². The molecule has 26 heavy (non-hydrogen) atoms. The van der Waals surface area contributed by atoms with E-state index in [-0.39, 0.29) is 17.6 Å². The van der Waals surface area contributed by atoms with Gasteiger partial charge in [0.1, 0.15) is 30.0 Å². The molecule has 4 rings (SSSR count). The van der Waals surface area contributed by atoms with Crippen LogP contribution in [0.4, 0.5) is 4.39 Å². The molecule has 2 aromatic carbocycles. The first-order valence-corrected chi connectivity index (χ1v) is 8.82. The van der Waals surface area contributed by atoms with Crippen LogP contribution in [-0.4, -0.2) is 46.0 Å². The minimum Gasteiger partial charge on any atom is -0.508 e. The number of piperidine rings is 1. The summed E-state index contributed by atoms with van der Waals surface area (Å²) >= 11 is 0. The van der Waals surface area contributed by atoms with Crippen LogP contribution in [0.1, 0.15) is 30.1 Å². The maximum atomic E-state index is 13.1. The van der Waals surface area contributed by atoms with Gasteiger partial charge in [0.25, 0.3) is 0 Å². The Hall–Kier alpha value is -2.15. The molecule has 0 spiro atoms. The van der Waals surface area contributed by atoms with Crippen molar-refractivity contribution in [2.24, 2.45) is 0 Å². The van der Waals surface area contributed by atoms with E-state index in [1.807, 2.05) is 0 Å². The number of aromatic hydroxyl groups is 1. The van der Waals surface area contributed by atoms with Gasteiger partial charge in [-0.05, 0) is 42.7 Å². The second kappa shape index (κ2) is 6.54. The summed E-state index contributed by atoms with van der Waals surface area (Å²) in [6.07, 6.45) is 0.297. The zero-order valence-electron chi connectivity index (χ0n) is 14.3. The van der Waals surface area contributed by atoms with Crippen molar-refractivity contribution in [3.63, 3.8) is 0 Å². The summed E-state index contributed by atoms with van der Waals surface area (Å²) in [5.74, 6) is 0.298. The lowest BCUT2D eigenvalue weighted by Gasteiger charge is -2.44. The fourth-order valence-corrected chi connectivity index (χ4v) is 3.95. The molecule has 0 radical (unpaired) electrons. The number of phenolic OH excluding ortho intramolecular Hbond substituents is 1. The average Bonchev–Trinajstić information content (AvgIpc) is 2.63. The first-order chi connectivity index (χ1) is 12.5. The molecule has 0 amide bonds. The molecule has 5 nitrogen and oxygen atoms in total. The number of ether oxygens (including phenoxy) is 1. The number of fused-ring (bicyclic) bond motifs is 1. The van der Waals surface area contributed by atoms with Crippen LogP contribution in [0, 0.1) is 5.82 Å². The Bertz CT molecular complexity index is 787. The summed E-state index contributed by atoms with van der Waals surface area (Å²) in [5, 5.41) is 31.2. The van der Waals surface area contributed by atoms with Crippen molar-refractivity contribution in [2.75, 3.05) is 19.7 Å². The maximum absolute atomic E-state index is 13.1. The number of rotatable bonds is 2. The number of aliphatic hydroxyl groups is 2. The van der Waals surface area contributed by atoms with E-state index in [2.05, 4.69) is 4.90 Å². The van der Waals surface area contributed by atoms with E-state index >= 15 is 0 Å². The third-order valence-electron chi connectivity index (χ3n) is 5.57. The molecule has 0 bridgehead atoms. The number of hydrogen-bond donors (Lipinski definition) is 3. The second-order valence-electron chi connectivity index (χ2n) is 7.12. The van der Waals surface area contributed by atoms with Gasteiger partial charge in [0, 0.05) is 24.7 Å². The number of aliphatic hydroxyl groups excluding tert-OH is 1. The van der Waals surface area contributed by atoms with Gasteiger partial charge in [-0.1, -0.05) is 12.1 Å². The predicted molar refractivity (Wildman–Crippen MR) is 93.5 cm³/mol. The zero-order chi connectivity index (χ0) is 18.3. The normalized spacial score (nSPS) is 25.3. The van der Waals surface area contributed by atoms with E-state index in [4.69, 9.17) is 4.74 Å². The molecule has 2 aliphatic rings. The summed E-state index contributed by atoms with van der Waals surface area (Å²) in [4.78, 5) is 2.12. The van der Waals surface area contributed by atoms with Crippen molar-refractivity contribution >= 4 is 0 Å². The van der Waals surface area contributed by atoms with Gasteiger partial charge in [-0.15, -0.1) is 0 Å². The van der Waals surface area contributed by atoms with Crippen molar-refractivity contribution in [1.82, 2.24) is 4.90 Å². The van der Waals surface area contributed by atoms with Crippen LogP contribution in [0.3, 0.4) is 0 Å². The standard InChI is InChI=1S/C20H22FNO4/c21-14-3-1-13(2-4-14)20(25)7-9-22(10-8-20)17-12-26-18-11-15(23)5-6-16(18)19(17)24/h1-6,11,17,19,23-25H,7-10,12H2/t17-,19?/m1/s1. The molecule has 2 aliphatic heterocycles. The number of hydrogen-bond acceptors (Lipinski definition) is 5. The molecule has 1 unspecified atom stereocenters. The molecule has 2 heterocycles. The lowest BCUT2D eigenvalue weighted by Crippen LogP contribution is -2.52. The van der Waals surface area contributed by atoms with Crippen molar-refractivity contribution < 1.29 is 24.4 Å². The smallest absolute Gasteiger partial charge is 0.128 e. The number of benzene rings is 2. The SMILES string of the molecule is Oc1ccc2c(c1)OC[C@@H](N1CCC(O)(c3ccc(F)cc3)CC1)C2O. The van der Waals surface area contributed by atoms with Crippen LogP contribution >= 0.6 is 0 Å². The monoisotopic (exact) mass is 359 g/mol. The summed E-state index contributed by atoms with van der Waals surface area (Å²) in [7, 11) is 0. The van der Waals surface area contributed by atoms with E-state index in [0.717, 1.165) is 5.56 Å². The molecule has 0 aromatic heterocycles. The molecular weight excluding hydrogens is 337 g/mol. The van der Waals surface area contributed by atoms with Crippen molar-refractivity contribution in [3.8, 4) is 11.5 Å². The Morgan fingerprint density at radius 2 is 1.77 bits per heavy atom. The fraction of sp³-hybridized carbons (Fsp3) is 0.400. The van der Waals surface area contributed by atoms with Crippen molar-refractivity contribution in [1.29, 1.82) is 0 Å². The van der Waals surface area contributed by atoms with Gasteiger partial charge < -0.3 is 20.1 Å². The number of likely N-dealkylation sites (tertiary alicyclic amines) is 1. The number of phenols is 1. The molecule has 2 aromatic rings. The Kier molecular flexibility index (Phi) is 4.34. The molecule has 0 saturated carbocycles. The average molecular weight is 359 g/mol. The first-order valence-electron chi connectivity index (χ1n) is 8.82. The molecular formula is C20H22FNO4. The van der Waals surface area contributed by atoms with Gasteiger partial charge >= 0.3 is 0 Å². The Labute approximate surface area is 151 Å². The van der Waals surface area contributed by atoms with E-state index in [1.54, 1.807) is 18.2 Å². The third kappa shape index (κ3) is 3.05. The van der Waals surface area contributed by atoms with E-state index in [0.29, 0.717) is 43.9 Å². The summed E-state index contributed by atoms with van der Waals surface area (Å²) in [5.41, 5.74) is 0.409. The number of nitrogens with zero attached hydrogens (tertiary/aromatic N) is 1. The molecule has 1 saturated heterocycles. The zero-order valence-corrected chi connectivity index (χ0v) is 14.3. The van der Waals surface area contributed by atoms with Crippen LogP contribution < -0.4 is 4.74 Å². The molecule has 2 atom stereocenters. The van der Waals surface area contributed by atoms with Crippen molar-refractivity contribution in [2.45, 2.75) is 30.6 Å². The van der Waals surface area contributed by atoms with Gasteiger partial charge in [-0.2, -0.15) is 0 Å². The molecule has 138 valence electrons. The Balaban J connectivity index is 1.46. The highest BCUT2D eigenvalue weighted by molar-refractivity contribution is 5.43. The summed E-state index contributed by atoms with van der Waals surface area (Å²) in [6, 6.07) is 10.5. The van der Waals surface area contributed by atoms with Crippen LogP contribution in [-0.2, 0) is 5.60 Å². The van der Waals surface area contributed by atoms with Gasteiger partial charge in [-0.25, -0.2) is 4.39 Å². The van der Waals surface area contributed by atoms with Gasteiger partial charge in [-0.3, -0.25) is 4.90 Å². The highest BCUT2D eigenvalue weighted by Gasteiger charge is 2.40. The lowest BCUT2D eigenvalue weighted by molar-refractivity contribution is -0.0665. The second-order valence-corrected chi connectivity index (χ2v) is 7.12. The topological polar surface area (TPSA) is 73.2 Å².